The van der Waals surface area contributed by atoms with Crippen LogP contribution in [0.4, 0.5) is 0 Å². The molecule has 0 radical (unpaired) electrons. The van der Waals surface area contributed by atoms with Gasteiger partial charge in [0, 0.05) is 11.3 Å². The Balaban J connectivity index is 2.25. The molecular formula is C16H27NO2Si. The van der Waals surface area contributed by atoms with Gasteiger partial charge in [-0.3, -0.25) is 4.98 Å². The van der Waals surface area contributed by atoms with Gasteiger partial charge in [0.15, 0.2) is 8.32 Å². The summed E-state index contributed by atoms with van der Waals surface area (Å²) in [6.45, 7) is 11.4. The van der Waals surface area contributed by atoms with Gasteiger partial charge in [0.1, 0.15) is 0 Å². The fraction of sp³-hybridized carbons (Fsp3) is 0.688. The quantitative estimate of drug-likeness (QED) is 0.857. The maximum atomic E-state index is 9.21. The van der Waals surface area contributed by atoms with E-state index in [4.69, 9.17) is 4.43 Å². The Morgan fingerprint density at radius 2 is 2.05 bits per heavy atom. The second-order valence-electron chi connectivity index (χ2n) is 7.26. The van der Waals surface area contributed by atoms with E-state index >= 15 is 0 Å². The van der Waals surface area contributed by atoms with Gasteiger partial charge >= 0.3 is 0 Å². The molecule has 1 aliphatic carbocycles. The molecule has 1 aromatic rings. The van der Waals surface area contributed by atoms with E-state index in [2.05, 4.69) is 44.9 Å². The standard InChI is InChI=1S/C16H27NO2Si/c1-16(2,3)20(4,5)19-15-8-6-7-14-13(15)10-9-12(11-18)17-14/h9-10,15,18H,6-8,11H2,1-5H3. The lowest BCUT2D eigenvalue weighted by molar-refractivity contribution is 0.162. The van der Waals surface area contributed by atoms with Crippen LogP contribution in [0.15, 0.2) is 12.1 Å². The number of pyridine rings is 1. The molecular weight excluding hydrogens is 266 g/mol. The van der Waals surface area contributed by atoms with E-state index in [-0.39, 0.29) is 17.7 Å². The largest absolute Gasteiger partial charge is 0.410 e. The molecule has 1 aromatic heterocycles. The highest BCUT2D eigenvalue weighted by molar-refractivity contribution is 6.74. The minimum absolute atomic E-state index is 0.0149. The van der Waals surface area contributed by atoms with Crippen molar-refractivity contribution in [2.75, 3.05) is 0 Å². The van der Waals surface area contributed by atoms with E-state index in [0.29, 0.717) is 0 Å². The molecule has 0 saturated heterocycles. The molecule has 0 amide bonds. The lowest BCUT2D eigenvalue weighted by Crippen LogP contribution is -2.42. The number of nitrogens with zero attached hydrogens (tertiary/aromatic N) is 1. The SMILES string of the molecule is CC(C)(C)[Si](C)(C)OC1CCCc2nc(CO)ccc21. The normalized spacial score (nSPS) is 19.8. The number of hydrogen-bond acceptors (Lipinski definition) is 3. The lowest BCUT2D eigenvalue weighted by Gasteiger charge is -2.40. The summed E-state index contributed by atoms with van der Waals surface area (Å²) in [4.78, 5) is 4.56. The van der Waals surface area contributed by atoms with Crippen molar-refractivity contribution < 1.29 is 9.53 Å². The Bertz CT molecular complexity index is 480. The highest BCUT2D eigenvalue weighted by atomic mass is 28.4. The number of aliphatic hydroxyl groups is 1. The summed E-state index contributed by atoms with van der Waals surface area (Å²) < 4.78 is 6.58. The van der Waals surface area contributed by atoms with E-state index in [1.807, 2.05) is 6.07 Å². The minimum Gasteiger partial charge on any atom is -0.410 e. The summed E-state index contributed by atoms with van der Waals surface area (Å²) in [6, 6.07) is 4.02. The second kappa shape index (κ2) is 5.58. The van der Waals surface area contributed by atoms with Crippen molar-refractivity contribution in [3.05, 3.63) is 29.1 Å². The van der Waals surface area contributed by atoms with E-state index in [0.717, 1.165) is 30.7 Å². The Kier molecular flexibility index (Phi) is 4.37. The molecule has 0 saturated carbocycles. The number of aryl methyl sites for hydroxylation is 1. The topological polar surface area (TPSA) is 42.4 Å². The van der Waals surface area contributed by atoms with Crippen molar-refractivity contribution in [1.82, 2.24) is 4.98 Å². The van der Waals surface area contributed by atoms with E-state index in [9.17, 15) is 5.11 Å². The second-order valence-corrected chi connectivity index (χ2v) is 12.0. The molecule has 2 rings (SSSR count). The van der Waals surface area contributed by atoms with Crippen LogP contribution in [0, 0.1) is 0 Å². The third kappa shape index (κ3) is 3.13. The van der Waals surface area contributed by atoms with Gasteiger partial charge in [-0.05, 0) is 43.5 Å². The van der Waals surface area contributed by atoms with Crippen LogP contribution in [-0.4, -0.2) is 18.4 Å². The Morgan fingerprint density at radius 1 is 1.35 bits per heavy atom. The highest BCUT2D eigenvalue weighted by Crippen LogP contribution is 2.42. The zero-order valence-electron chi connectivity index (χ0n) is 13.4. The molecule has 3 nitrogen and oxygen atoms in total. The smallest absolute Gasteiger partial charge is 0.192 e. The fourth-order valence-corrected chi connectivity index (χ4v) is 3.71. The minimum atomic E-state index is -1.76. The molecule has 4 heteroatoms. The van der Waals surface area contributed by atoms with Crippen molar-refractivity contribution in [1.29, 1.82) is 0 Å². The van der Waals surface area contributed by atoms with Crippen LogP contribution < -0.4 is 0 Å². The van der Waals surface area contributed by atoms with Crippen molar-refractivity contribution in [3.63, 3.8) is 0 Å². The van der Waals surface area contributed by atoms with Crippen molar-refractivity contribution >= 4 is 8.32 Å². The Morgan fingerprint density at radius 3 is 2.65 bits per heavy atom. The van der Waals surface area contributed by atoms with Gasteiger partial charge in [-0.2, -0.15) is 0 Å². The summed E-state index contributed by atoms with van der Waals surface area (Å²) in [5, 5.41) is 9.44. The monoisotopic (exact) mass is 293 g/mol. The zero-order valence-corrected chi connectivity index (χ0v) is 14.4. The van der Waals surface area contributed by atoms with Crippen LogP contribution >= 0.6 is 0 Å². The van der Waals surface area contributed by atoms with E-state index in [1.165, 1.54) is 5.56 Å². The first kappa shape index (κ1) is 15.7. The number of fused-ring (bicyclic) bond motifs is 1. The number of aromatic nitrogens is 1. The summed E-state index contributed by atoms with van der Waals surface area (Å²) in [5.74, 6) is 0. The summed E-state index contributed by atoms with van der Waals surface area (Å²) in [6.07, 6.45) is 3.38. The van der Waals surface area contributed by atoms with Gasteiger partial charge in [-0.1, -0.05) is 26.8 Å². The van der Waals surface area contributed by atoms with Crippen molar-refractivity contribution in [2.45, 2.75) is 70.9 Å². The Hall–Kier alpha value is -0.713. The third-order valence-corrected chi connectivity index (χ3v) is 9.19. The predicted octanol–water partition coefficient (Wildman–Crippen LogP) is 3.97. The van der Waals surface area contributed by atoms with Crippen molar-refractivity contribution in [2.24, 2.45) is 0 Å². The molecule has 0 fully saturated rings. The van der Waals surface area contributed by atoms with Crippen LogP contribution in [-0.2, 0) is 17.5 Å². The average Bonchev–Trinajstić information content (AvgIpc) is 2.36. The van der Waals surface area contributed by atoms with Gasteiger partial charge in [-0.25, -0.2) is 0 Å². The molecule has 112 valence electrons. The molecule has 0 bridgehead atoms. The van der Waals surface area contributed by atoms with Crippen LogP contribution in [0.5, 0.6) is 0 Å². The first-order valence-electron chi connectivity index (χ1n) is 7.52. The van der Waals surface area contributed by atoms with Gasteiger partial charge in [0.2, 0.25) is 0 Å². The number of hydrogen-bond donors (Lipinski definition) is 1. The number of aliphatic hydroxyl groups excluding tert-OH is 1. The summed E-state index contributed by atoms with van der Waals surface area (Å²) >= 11 is 0. The van der Waals surface area contributed by atoms with Gasteiger partial charge < -0.3 is 9.53 Å². The molecule has 1 aliphatic rings. The summed E-state index contributed by atoms with van der Waals surface area (Å²) in [7, 11) is -1.76. The van der Waals surface area contributed by atoms with Gasteiger partial charge in [0.25, 0.3) is 0 Å². The fourth-order valence-electron chi connectivity index (χ4n) is 2.40. The van der Waals surface area contributed by atoms with E-state index in [1.54, 1.807) is 0 Å². The van der Waals surface area contributed by atoms with Crippen LogP contribution in [0.2, 0.25) is 18.1 Å². The molecule has 1 heterocycles. The van der Waals surface area contributed by atoms with Crippen LogP contribution in [0.1, 0.15) is 56.7 Å². The highest BCUT2D eigenvalue weighted by Gasteiger charge is 2.40. The Labute approximate surface area is 123 Å². The maximum Gasteiger partial charge on any atom is 0.192 e. The molecule has 1 N–H and O–H groups in total. The molecule has 0 spiro atoms. The number of rotatable bonds is 3. The first-order valence-corrected chi connectivity index (χ1v) is 10.4. The summed E-state index contributed by atoms with van der Waals surface area (Å²) in [5.41, 5.74) is 3.11. The molecule has 1 unspecified atom stereocenters. The molecule has 20 heavy (non-hydrogen) atoms. The van der Waals surface area contributed by atoms with E-state index < -0.39 is 8.32 Å². The lowest BCUT2D eigenvalue weighted by atomic mass is 9.93. The van der Waals surface area contributed by atoms with Crippen LogP contribution in [0.25, 0.3) is 0 Å². The maximum absolute atomic E-state index is 9.21. The van der Waals surface area contributed by atoms with Gasteiger partial charge in [0.05, 0.1) is 18.4 Å². The molecule has 0 aromatic carbocycles. The first-order chi connectivity index (χ1) is 9.24. The van der Waals surface area contributed by atoms with Gasteiger partial charge in [-0.15, -0.1) is 0 Å². The molecule has 0 aliphatic heterocycles. The average molecular weight is 293 g/mol. The molecule has 1 atom stereocenters. The zero-order chi connectivity index (χ0) is 15.0. The predicted molar refractivity (Wildman–Crippen MR) is 84.1 cm³/mol. The van der Waals surface area contributed by atoms with Crippen LogP contribution in [0.3, 0.4) is 0 Å². The third-order valence-electron chi connectivity index (χ3n) is 4.70. The van der Waals surface area contributed by atoms with Crippen molar-refractivity contribution in [3.8, 4) is 0 Å².